The number of hydrogen-bond donors (Lipinski definition) is 1. The van der Waals surface area contributed by atoms with Gasteiger partial charge in [-0.2, -0.15) is 0 Å². The second-order valence-corrected chi connectivity index (χ2v) is 4.79. The summed E-state index contributed by atoms with van der Waals surface area (Å²) in [5.74, 6) is -1.82. The first kappa shape index (κ1) is 15.0. The number of ether oxygens (including phenoxy) is 1. The Morgan fingerprint density at radius 2 is 1.71 bits per heavy atom. The molecule has 0 fully saturated rings. The molecule has 3 nitrogen and oxygen atoms in total. The normalized spacial score (nSPS) is 10.3. The van der Waals surface area contributed by atoms with Gasteiger partial charge in [-0.05, 0) is 49.2 Å². The minimum absolute atomic E-state index is 0.183. The lowest BCUT2D eigenvalue weighted by atomic mass is 10.1. The molecule has 2 aromatic carbocycles. The van der Waals surface area contributed by atoms with Gasteiger partial charge in [0.25, 0.3) is 5.91 Å². The molecule has 0 aromatic heterocycles. The van der Waals surface area contributed by atoms with Crippen LogP contribution < -0.4 is 10.1 Å². The van der Waals surface area contributed by atoms with Crippen LogP contribution in [0.3, 0.4) is 0 Å². The highest BCUT2D eigenvalue weighted by molar-refractivity contribution is 5.91. The lowest BCUT2D eigenvalue weighted by Crippen LogP contribution is -2.20. The first-order chi connectivity index (χ1) is 9.94. The SMILES string of the molecule is Cc1cc(C)cc(OCC(=O)Nc2ccc(F)c(F)c2)c1. The fourth-order valence-electron chi connectivity index (χ4n) is 1.94. The zero-order valence-corrected chi connectivity index (χ0v) is 11.7. The van der Waals surface area contributed by atoms with Crippen LogP contribution in [0.2, 0.25) is 0 Å². The number of amides is 1. The molecule has 21 heavy (non-hydrogen) atoms. The van der Waals surface area contributed by atoms with E-state index in [1.807, 2.05) is 32.0 Å². The van der Waals surface area contributed by atoms with Crippen molar-refractivity contribution in [3.8, 4) is 5.75 Å². The van der Waals surface area contributed by atoms with Crippen molar-refractivity contribution in [2.75, 3.05) is 11.9 Å². The lowest BCUT2D eigenvalue weighted by molar-refractivity contribution is -0.118. The fourth-order valence-corrected chi connectivity index (χ4v) is 1.94. The molecule has 1 N–H and O–H groups in total. The van der Waals surface area contributed by atoms with Crippen LogP contribution in [0.1, 0.15) is 11.1 Å². The Kier molecular flexibility index (Phi) is 4.52. The minimum Gasteiger partial charge on any atom is -0.484 e. The van der Waals surface area contributed by atoms with Crippen molar-refractivity contribution in [1.29, 1.82) is 0 Å². The van der Waals surface area contributed by atoms with Crippen LogP contribution in [-0.2, 0) is 4.79 Å². The molecular weight excluding hydrogens is 276 g/mol. The summed E-state index contributed by atoms with van der Waals surface area (Å²) in [5.41, 5.74) is 2.25. The fraction of sp³-hybridized carbons (Fsp3) is 0.188. The van der Waals surface area contributed by atoms with Crippen molar-refractivity contribution in [3.05, 3.63) is 59.2 Å². The van der Waals surface area contributed by atoms with Gasteiger partial charge in [0.1, 0.15) is 5.75 Å². The topological polar surface area (TPSA) is 38.3 Å². The standard InChI is InChI=1S/C16H15F2NO2/c1-10-5-11(2)7-13(6-10)21-9-16(20)19-12-3-4-14(17)15(18)8-12/h3-8H,9H2,1-2H3,(H,19,20). The average Bonchev–Trinajstić information content (AvgIpc) is 2.40. The second kappa shape index (κ2) is 6.35. The third-order valence-electron chi connectivity index (χ3n) is 2.77. The van der Waals surface area contributed by atoms with E-state index in [-0.39, 0.29) is 12.3 Å². The van der Waals surface area contributed by atoms with E-state index in [9.17, 15) is 13.6 Å². The van der Waals surface area contributed by atoms with Crippen molar-refractivity contribution in [3.63, 3.8) is 0 Å². The van der Waals surface area contributed by atoms with E-state index >= 15 is 0 Å². The summed E-state index contributed by atoms with van der Waals surface area (Å²) in [4.78, 5) is 11.7. The molecule has 2 rings (SSSR count). The summed E-state index contributed by atoms with van der Waals surface area (Å²) in [6, 6.07) is 8.79. The van der Waals surface area contributed by atoms with Gasteiger partial charge in [-0.25, -0.2) is 8.78 Å². The number of hydrogen-bond acceptors (Lipinski definition) is 2. The predicted octanol–water partition coefficient (Wildman–Crippen LogP) is 3.60. The number of halogens is 2. The van der Waals surface area contributed by atoms with Gasteiger partial charge in [-0.3, -0.25) is 4.79 Å². The number of carbonyl (C=O) groups is 1. The number of benzene rings is 2. The highest BCUT2D eigenvalue weighted by Crippen LogP contribution is 2.16. The van der Waals surface area contributed by atoms with Crippen LogP contribution in [0, 0.1) is 25.5 Å². The molecule has 0 aliphatic heterocycles. The smallest absolute Gasteiger partial charge is 0.262 e. The van der Waals surface area contributed by atoms with Crippen molar-refractivity contribution >= 4 is 11.6 Å². The molecule has 0 aliphatic carbocycles. The van der Waals surface area contributed by atoms with E-state index in [1.54, 1.807) is 0 Å². The molecule has 0 bridgehead atoms. The van der Waals surface area contributed by atoms with E-state index in [2.05, 4.69) is 5.32 Å². The maximum Gasteiger partial charge on any atom is 0.262 e. The van der Waals surface area contributed by atoms with Crippen LogP contribution in [0.5, 0.6) is 5.75 Å². The summed E-state index contributed by atoms with van der Waals surface area (Å²) in [5, 5.41) is 2.44. The number of anilines is 1. The quantitative estimate of drug-likeness (QED) is 0.934. The Labute approximate surface area is 121 Å². The Balaban J connectivity index is 1.94. The first-order valence-electron chi connectivity index (χ1n) is 6.40. The molecule has 0 atom stereocenters. The summed E-state index contributed by atoms with van der Waals surface area (Å²) < 4.78 is 31.2. The van der Waals surface area contributed by atoms with E-state index in [4.69, 9.17) is 4.74 Å². The van der Waals surface area contributed by atoms with Gasteiger partial charge in [0.2, 0.25) is 0 Å². The molecule has 0 unspecified atom stereocenters. The van der Waals surface area contributed by atoms with Crippen molar-refractivity contribution in [1.82, 2.24) is 0 Å². The number of rotatable bonds is 4. The van der Waals surface area contributed by atoms with Crippen LogP contribution in [0.4, 0.5) is 14.5 Å². The maximum atomic E-state index is 13.0. The monoisotopic (exact) mass is 291 g/mol. The zero-order chi connectivity index (χ0) is 15.4. The summed E-state index contributed by atoms with van der Waals surface area (Å²) in [6.07, 6.45) is 0. The summed E-state index contributed by atoms with van der Waals surface area (Å²) >= 11 is 0. The third kappa shape index (κ3) is 4.27. The highest BCUT2D eigenvalue weighted by atomic mass is 19.2. The molecule has 0 aliphatic rings. The zero-order valence-electron chi connectivity index (χ0n) is 11.7. The first-order valence-corrected chi connectivity index (χ1v) is 6.40. The molecular formula is C16H15F2NO2. The van der Waals surface area contributed by atoms with Gasteiger partial charge in [0.15, 0.2) is 18.2 Å². The van der Waals surface area contributed by atoms with Gasteiger partial charge in [0, 0.05) is 11.8 Å². The maximum absolute atomic E-state index is 13.0. The highest BCUT2D eigenvalue weighted by Gasteiger charge is 2.07. The second-order valence-electron chi connectivity index (χ2n) is 4.79. The van der Waals surface area contributed by atoms with Crippen molar-refractivity contribution in [2.24, 2.45) is 0 Å². The van der Waals surface area contributed by atoms with Crippen LogP contribution in [-0.4, -0.2) is 12.5 Å². The van der Waals surface area contributed by atoms with Crippen molar-refractivity contribution in [2.45, 2.75) is 13.8 Å². The summed E-state index contributed by atoms with van der Waals surface area (Å²) in [6.45, 7) is 3.66. The van der Waals surface area contributed by atoms with Crippen LogP contribution in [0.15, 0.2) is 36.4 Å². The molecule has 0 heterocycles. The van der Waals surface area contributed by atoms with E-state index in [0.29, 0.717) is 5.75 Å². The van der Waals surface area contributed by atoms with Crippen LogP contribution in [0.25, 0.3) is 0 Å². The molecule has 0 saturated heterocycles. The Morgan fingerprint density at radius 1 is 1.05 bits per heavy atom. The Morgan fingerprint density at radius 3 is 2.33 bits per heavy atom. The van der Waals surface area contributed by atoms with E-state index in [0.717, 1.165) is 23.3 Å². The molecule has 5 heteroatoms. The number of aryl methyl sites for hydroxylation is 2. The van der Waals surface area contributed by atoms with Gasteiger partial charge >= 0.3 is 0 Å². The van der Waals surface area contributed by atoms with Gasteiger partial charge in [-0.15, -0.1) is 0 Å². The predicted molar refractivity (Wildman–Crippen MR) is 76.4 cm³/mol. The van der Waals surface area contributed by atoms with Gasteiger partial charge in [0.05, 0.1) is 0 Å². The summed E-state index contributed by atoms with van der Waals surface area (Å²) in [7, 11) is 0. The van der Waals surface area contributed by atoms with Gasteiger partial charge < -0.3 is 10.1 Å². The Hall–Kier alpha value is -2.43. The van der Waals surface area contributed by atoms with E-state index in [1.165, 1.54) is 6.07 Å². The van der Waals surface area contributed by atoms with E-state index < -0.39 is 17.5 Å². The lowest BCUT2D eigenvalue weighted by Gasteiger charge is -2.09. The van der Waals surface area contributed by atoms with Gasteiger partial charge in [-0.1, -0.05) is 6.07 Å². The molecule has 2 aromatic rings. The Bertz CT molecular complexity index is 651. The minimum atomic E-state index is -1.01. The largest absolute Gasteiger partial charge is 0.484 e. The molecule has 110 valence electrons. The number of carbonyl (C=O) groups excluding carboxylic acids is 1. The third-order valence-corrected chi connectivity index (χ3v) is 2.77. The number of nitrogens with one attached hydrogen (secondary N) is 1. The molecule has 0 saturated carbocycles. The molecule has 0 spiro atoms. The van der Waals surface area contributed by atoms with Crippen LogP contribution >= 0.6 is 0 Å². The van der Waals surface area contributed by atoms with Crippen molar-refractivity contribution < 1.29 is 18.3 Å². The molecule has 0 radical (unpaired) electrons. The molecule has 1 amide bonds. The average molecular weight is 291 g/mol.